The fourth-order valence-corrected chi connectivity index (χ4v) is 2.11. The highest BCUT2D eigenvalue weighted by atomic mass is 16.6. The Morgan fingerprint density at radius 2 is 2.15 bits per heavy atom. The molecule has 1 saturated heterocycles. The van der Waals surface area contributed by atoms with Gasteiger partial charge in [-0.05, 0) is 38.8 Å². The van der Waals surface area contributed by atoms with Gasteiger partial charge in [0.2, 0.25) is 0 Å². The summed E-state index contributed by atoms with van der Waals surface area (Å²) in [6, 6.07) is -0.189. The zero-order chi connectivity index (χ0) is 14.9. The number of carbonyl (C=O) groups excluding carboxylic acids is 1. The van der Waals surface area contributed by atoms with Crippen molar-refractivity contribution in [3.8, 4) is 0 Å². The first-order valence-corrected chi connectivity index (χ1v) is 6.78. The number of aromatic nitrogens is 2. The van der Waals surface area contributed by atoms with Crippen LogP contribution in [0.2, 0.25) is 0 Å². The van der Waals surface area contributed by atoms with Crippen molar-refractivity contribution in [1.29, 1.82) is 0 Å². The standard InChI is InChI=1S/C13H22N4O3/c1-13(2,3)19-12(18)17-8-6-7-9(17)10-14-11(15-20-10)16(4)5/h9H,6-8H2,1-5H3. The maximum Gasteiger partial charge on any atom is 0.410 e. The van der Waals surface area contributed by atoms with Crippen LogP contribution >= 0.6 is 0 Å². The monoisotopic (exact) mass is 282 g/mol. The van der Waals surface area contributed by atoms with Gasteiger partial charge in [-0.2, -0.15) is 4.98 Å². The van der Waals surface area contributed by atoms with Gasteiger partial charge in [0.05, 0.1) is 0 Å². The summed E-state index contributed by atoms with van der Waals surface area (Å²) in [5.41, 5.74) is -0.506. The smallest absolute Gasteiger partial charge is 0.410 e. The second-order valence-corrected chi connectivity index (χ2v) is 6.16. The molecule has 0 aromatic carbocycles. The van der Waals surface area contributed by atoms with Crippen LogP contribution in [0.4, 0.5) is 10.7 Å². The molecule has 0 saturated carbocycles. The predicted octanol–water partition coefficient (Wildman–Crippen LogP) is 2.21. The van der Waals surface area contributed by atoms with E-state index in [1.807, 2.05) is 34.9 Å². The molecule has 0 aliphatic carbocycles. The van der Waals surface area contributed by atoms with Gasteiger partial charge >= 0.3 is 6.09 Å². The van der Waals surface area contributed by atoms with Crippen molar-refractivity contribution < 1.29 is 14.1 Å². The Morgan fingerprint density at radius 1 is 1.45 bits per heavy atom. The fourth-order valence-electron chi connectivity index (χ4n) is 2.11. The minimum atomic E-state index is -0.506. The van der Waals surface area contributed by atoms with Crippen LogP contribution in [-0.2, 0) is 4.74 Å². The summed E-state index contributed by atoms with van der Waals surface area (Å²) >= 11 is 0. The number of nitrogens with zero attached hydrogens (tertiary/aromatic N) is 4. The number of hydrogen-bond acceptors (Lipinski definition) is 6. The van der Waals surface area contributed by atoms with Crippen LogP contribution in [-0.4, -0.2) is 47.4 Å². The third-order valence-corrected chi connectivity index (χ3v) is 3.00. The fraction of sp³-hybridized carbons (Fsp3) is 0.769. The summed E-state index contributed by atoms with van der Waals surface area (Å²) in [5.74, 6) is 0.980. The molecule has 1 aromatic heterocycles. The van der Waals surface area contributed by atoms with E-state index in [0.29, 0.717) is 18.4 Å². The summed E-state index contributed by atoms with van der Waals surface area (Å²) in [5, 5.41) is 3.89. The molecule has 20 heavy (non-hydrogen) atoms. The van der Waals surface area contributed by atoms with E-state index >= 15 is 0 Å². The first-order chi connectivity index (χ1) is 9.28. The number of likely N-dealkylation sites (tertiary alicyclic amines) is 1. The van der Waals surface area contributed by atoms with E-state index in [2.05, 4.69) is 10.1 Å². The Balaban J connectivity index is 2.12. The zero-order valence-corrected chi connectivity index (χ0v) is 12.7. The maximum atomic E-state index is 12.2. The molecule has 112 valence electrons. The van der Waals surface area contributed by atoms with Crippen molar-refractivity contribution in [2.75, 3.05) is 25.5 Å². The molecule has 1 aliphatic heterocycles. The number of hydrogen-bond donors (Lipinski definition) is 0. The first-order valence-electron chi connectivity index (χ1n) is 6.78. The number of ether oxygens (including phenoxy) is 1. The second-order valence-electron chi connectivity index (χ2n) is 6.16. The zero-order valence-electron chi connectivity index (χ0n) is 12.7. The summed E-state index contributed by atoms with van der Waals surface area (Å²) in [7, 11) is 3.68. The largest absolute Gasteiger partial charge is 0.444 e. The minimum Gasteiger partial charge on any atom is -0.444 e. The van der Waals surface area contributed by atoms with Gasteiger partial charge in [-0.15, -0.1) is 0 Å². The van der Waals surface area contributed by atoms with E-state index in [4.69, 9.17) is 9.26 Å². The molecule has 1 aromatic rings. The Kier molecular flexibility index (Phi) is 3.87. The predicted molar refractivity (Wildman–Crippen MR) is 73.5 cm³/mol. The van der Waals surface area contributed by atoms with E-state index in [1.165, 1.54) is 0 Å². The van der Waals surface area contributed by atoms with Crippen LogP contribution in [0.15, 0.2) is 4.52 Å². The molecule has 2 heterocycles. The van der Waals surface area contributed by atoms with Crippen LogP contribution in [0.5, 0.6) is 0 Å². The van der Waals surface area contributed by atoms with E-state index in [0.717, 1.165) is 12.8 Å². The van der Waals surface area contributed by atoms with Crippen molar-refractivity contribution in [1.82, 2.24) is 15.0 Å². The van der Waals surface area contributed by atoms with Gasteiger partial charge in [-0.3, -0.25) is 4.90 Å². The highest BCUT2D eigenvalue weighted by molar-refractivity contribution is 5.69. The van der Waals surface area contributed by atoms with Gasteiger partial charge in [0.1, 0.15) is 11.6 Å². The van der Waals surface area contributed by atoms with Gasteiger partial charge in [-0.1, -0.05) is 0 Å². The lowest BCUT2D eigenvalue weighted by molar-refractivity contribution is 0.0199. The van der Waals surface area contributed by atoms with Crippen LogP contribution in [0, 0.1) is 0 Å². The number of carbonyl (C=O) groups is 1. The van der Waals surface area contributed by atoms with Crippen LogP contribution in [0.1, 0.15) is 45.5 Å². The van der Waals surface area contributed by atoms with Crippen molar-refractivity contribution in [2.24, 2.45) is 0 Å². The van der Waals surface area contributed by atoms with Gasteiger partial charge in [0.25, 0.3) is 11.8 Å². The molecule has 0 radical (unpaired) electrons. The third-order valence-electron chi connectivity index (χ3n) is 3.00. The first kappa shape index (κ1) is 14.6. The SMILES string of the molecule is CN(C)c1noc(C2CCCN2C(=O)OC(C)(C)C)n1. The molecule has 7 nitrogen and oxygen atoms in total. The van der Waals surface area contributed by atoms with Crippen molar-refractivity contribution in [3.05, 3.63) is 5.89 Å². The van der Waals surface area contributed by atoms with Crippen molar-refractivity contribution in [2.45, 2.75) is 45.3 Å². The van der Waals surface area contributed by atoms with E-state index < -0.39 is 5.60 Å². The molecule has 0 bridgehead atoms. The quantitative estimate of drug-likeness (QED) is 0.828. The molecule has 7 heteroatoms. The number of anilines is 1. The maximum absolute atomic E-state index is 12.2. The van der Waals surface area contributed by atoms with Gasteiger partial charge in [-0.25, -0.2) is 4.79 Å². The average Bonchev–Trinajstić information content (AvgIpc) is 2.95. The van der Waals surface area contributed by atoms with Crippen molar-refractivity contribution in [3.63, 3.8) is 0 Å². The summed E-state index contributed by atoms with van der Waals surface area (Å²) in [6.07, 6.45) is 1.39. The molecular weight excluding hydrogens is 260 g/mol. The normalized spacial score (nSPS) is 19.2. The topological polar surface area (TPSA) is 71.7 Å². The van der Waals surface area contributed by atoms with E-state index in [9.17, 15) is 4.79 Å². The van der Waals surface area contributed by atoms with Gasteiger partial charge in [0, 0.05) is 20.6 Å². The summed E-state index contributed by atoms with van der Waals surface area (Å²) in [6.45, 7) is 6.21. The number of rotatable bonds is 2. The second kappa shape index (κ2) is 5.30. The lowest BCUT2D eigenvalue weighted by atomic mass is 10.2. The minimum absolute atomic E-state index is 0.189. The molecule has 1 atom stereocenters. The third kappa shape index (κ3) is 3.20. The van der Waals surface area contributed by atoms with Crippen LogP contribution in [0.3, 0.4) is 0 Å². The Morgan fingerprint density at radius 3 is 2.70 bits per heavy atom. The molecule has 1 aliphatic rings. The molecule has 1 unspecified atom stereocenters. The lowest BCUT2D eigenvalue weighted by Crippen LogP contribution is -2.36. The molecule has 1 fully saturated rings. The molecule has 2 rings (SSSR count). The lowest BCUT2D eigenvalue weighted by Gasteiger charge is -2.26. The molecule has 0 N–H and O–H groups in total. The van der Waals surface area contributed by atoms with E-state index in [1.54, 1.807) is 9.80 Å². The van der Waals surface area contributed by atoms with Crippen molar-refractivity contribution >= 4 is 12.0 Å². The van der Waals surface area contributed by atoms with E-state index in [-0.39, 0.29) is 12.1 Å². The molecular formula is C13H22N4O3. The Bertz CT molecular complexity index is 478. The molecule has 1 amide bonds. The Labute approximate surface area is 118 Å². The van der Waals surface area contributed by atoms with Crippen LogP contribution < -0.4 is 4.90 Å². The summed E-state index contributed by atoms with van der Waals surface area (Å²) < 4.78 is 10.7. The highest BCUT2D eigenvalue weighted by Crippen LogP contribution is 2.32. The Hall–Kier alpha value is -1.79. The van der Waals surface area contributed by atoms with Gasteiger partial charge in [0.15, 0.2) is 0 Å². The highest BCUT2D eigenvalue weighted by Gasteiger charge is 2.36. The molecule has 0 spiro atoms. The van der Waals surface area contributed by atoms with Gasteiger partial charge < -0.3 is 14.2 Å². The number of amides is 1. The van der Waals surface area contributed by atoms with Crippen LogP contribution in [0.25, 0.3) is 0 Å². The average molecular weight is 282 g/mol. The summed E-state index contributed by atoms with van der Waals surface area (Å²) in [4.78, 5) is 19.9.